The number of rotatable bonds is 5. The molecule has 0 bridgehead atoms. The van der Waals surface area contributed by atoms with Crippen molar-refractivity contribution in [3.63, 3.8) is 0 Å². The van der Waals surface area contributed by atoms with E-state index in [1.54, 1.807) is 43.5 Å². The highest BCUT2D eigenvalue weighted by Gasteiger charge is 2.30. The predicted molar refractivity (Wildman–Crippen MR) is 129 cm³/mol. The summed E-state index contributed by atoms with van der Waals surface area (Å²) in [5.41, 5.74) is 2.86. The predicted octanol–water partition coefficient (Wildman–Crippen LogP) is 4.03. The van der Waals surface area contributed by atoms with Gasteiger partial charge in [-0.1, -0.05) is 11.6 Å². The Balaban J connectivity index is 1.37. The number of piperazine rings is 1. The highest BCUT2D eigenvalue weighted by Crippen LogP contribution is 2.25. The lowest BCUT2D eigenvalue weighted by Crippen LogP contribution is -2.48. The zero-order valence-corrected chi connectivity index (χ0v) is 20.1. The monoisotopic (exact) mass is 499 g/mol. The number of nitrogens with zero attached hydrogens (tertiary/aromatic N) is 5. The normalized spacial score (nSPS) is 15.7. The van der Waals surface area contributed by atoms with Crippen LogP contribution >= 0.6 is 11.6 Å². The van der Waals surface area contributed by atoms with Crippen molar-refractivity contribution in [2.24, 2.45) is 0 Å². The van der Waals surface area contributed by atoms with E-state index in [-0.39, 0.29) is 10.7 Å². The molecule has 0 unspecified atom stereocenters. The van der Waals surface area contributed by atoms with Crippen molar-refractivity contribution < 1.29 is 12.8 Å². The zero-order valence-electron chi connectivity index (χ0n) is 18.5. The molecule has 0 aliphatic carbocycles. The van der Waals surface area contributed by atoms with Gasteiger partial charge in [0.1, 0.15) is 17.2 Å². The van der Waals surface area contributed by atoms with E-state index in [9.17, 15) is 12.8 Å². The summed E-state index contributed by atoms with van der Waals surface area (Å²) in [7, 11) is -3.60. The van der Waals surface area contributed by atoms with Crippen molar-refractivity contribution in [3.8, 4) is 5.69 Å². The first-order valence-electron chi connectivity index (χ1n) is 10.9. The number of hydrogen-bond acceptors (Lipinski definition) is 5. The summed E-state index contributed by atoms with van der Waals surface area (Å²) >= 11 is 6.00. The molecule has 0 saturated carbocycles. The van der Waals surface area contributed by atoms with Crippen molar-refractivity contribution in [2.75, 3.05) is 26.2 Å². The SMILES string of the molecule is Cc1cc(Cl)ccc1S(=O)(=O)N1CCN(Cc2nc3cccnc3n2-c2ccc(F)cc2)CC1. The average molecular weight is 500 g/mol. The third-order valence-electron chi connectivity index (χ3n) is 6.02. The van der Waals surface area contributed by atoms with Gasteiger partial charge < -0.3 is 0 Å². The zero-order chi connectivity index (χ0) is 23.9. The van der Waals surface area contributed by atoms with E-state index >= 15 is 0 Å². The first-order chi connectivity index (χ1) is 16.3. The van der Waals surface area contributed by atoms with Gasteiger partial charge in [0.25, 0.3) is 0 Å². The van der Waals surface area contributed by atoms with Crippen LogP contribution < -0.4 is 0 Å². The van der Waals surface area contributed by atoms with E-state index < -0.39 is 10.0 Å². The second kappa shape index (κ2) is 9.07. The Hall–Kier alpha value is -2.85. The molecule has 1 aliphatic rings. The first-order valence-corrected chi connectivity index (χ1v) is 12.7. The summed E-state index contributed by atoms with van der Waals surface area (Å²) < 4.78 is 43.3. The van der Waals surface area contributed by atoms with Gasteiger partial charge in [0.15, 0.2) is 5.65 Å². The number of fused-ring (bicyclic) bond motifs is 1. The number of hydrogen-bond donors (Lipinski definition) is 0. The van der Waals surface area contributed by atoms with Gasteiger partial charge in [-0.25, -0.2) is 22.8 Å². The van der Waals surface area contributed by atoms with Gasteiger partial charge in [-0.3, -0.25) is 9.47 Å². The molecular formula is C24H23ClFN5O2S. The Morgan fingerprint density at radius 1 is 1.03 bits per heavy atom. The molecule has 10 heteroatoms. The molecular weight excluding hydrogens is 477 g/mol. The Morgan fingerprint density at radius 3 is 2.47 bits per heavy atom. The van der Waals surface area contributed by atoms with Gasteiger partial charge in [-0.15, -0.1) is 0 Å². The standard InChI is InChI=1S/C24H23ClFN5O2S/c1-17-15-18(25)4-9-22(17)34(32,33)30-13-11-29(12-14-30)16-23-28-21-3-2-10-27-24(21)31(23)20-7-5-19(26)6-8-20/h2-10,15H,11-14,16H2,1H3. The van der Waals surface area contributed by atoms with Crippen LogP contribution in [0.15, 0.2) is 65.7 Å². The van der Waals surface area contributed by atoms with Crippen molar-refractivity contribution in [1.82, 2.24) is 23.7 Å². The van der Waals surface area contributed by atoms with Crippen LogP contribution in [-0.2, 0) is 16.6 Å². The number of benzene rings is 2. The van der Waals surface area contributed by atoms with Crippen molar-refractivity contribution in [1.29, 1.82) is 0 Å². The molecule has 0 spiro atoms. The Bertz CT molecular complexity index is 1450. The average Bonchev–Trinajstić information content (AvgIpc) is 3.17. The smallest absolute Gasteiger partial charge is 0.243 e. The first kappa shape index (κ1) is 22.9. The number of pyridine rings is 1. The molecule has 1 fully saturated rings. The minimum Gasteiger partial charge on any atom is -0.293 e. The van der Waals surface area contributed by atoms with Crippen LogP contribution in [0.3, 0.4) is 0 Å². The van der Waals surface area contributed by atoms with Crippen molar-refractivity contribution in [3.05, 3.63) is 83.0 Å². The van der Waals surface area contributed by atoms with Crippen LogP contribution in [0.5, 0.6) is 0 Å². The number of imidazole rings is 1. The molecule has 0 N–H and O–H groups in total. The van der Waals surface area contributed by atoms with Crippen LogP contribution in [0.25, 0.3) is 16.9 Å². The van der Waals surface area contributed by atoms with Crippen LogP contribution in [0.1, 0.15) is 11.4 Å². The Morgan fingerprint density at radius 2 is 1.76 bits per heavy atom. The van der Waals surface area contributed by atoms with Crippen LogP contribution in [-0.4, -0.2) is 58.3 Å². The Kier molecular flexibility index (Phi) is 6.11. The lowest BCUT2D eigenvalue weighted by atomic mass is 10.2. The molecule has 34 heavy (non-hydrogen) atoms. The maximum atomic E-state index is 13.5. The van der Waals surface area contributed by atoms with E-state index in [0.29, 0.717) is 49.0 Å². The van der Waals surface area contributed by atoms with E-state index in [0.717, 1.165) is 17.0 Å². The fourth-order valence-corrected chi connectivity index (χ4v) is 6.15. The minimum absolute atomic E-state index is 0.287. The third kappa shape index (κ3) is 4.32. The summed E-state index contributed by atoms with van der Waals surface area (Å²) in [6, 6.07) is 14.8. The van der Waals surface area contributed by atoms with Crippen LogP contribution in [0, 0.1) is 12.7 Å². The molecule has 176 valence electrons. The molecule has 0 radical (unpaired) electrons. The largest absolute Gasteiger partial charge is 0.293 e. The maximum Gasteiger partial charge on any atom is 0.243 e. The third-order valence-corrected chi connectivity index (χ3v) is 8.32. The molecule has 0 atom stereocenters. The van der Waals surface area contributed by atoms with E-state index in [1.165, 1.54) is 16.4 Å². The van der Waals surface area contributed by atoms with Gasteiger partial charge in [0.2, 0.25) is 10.0 Å². The number of aromatic nitrogens is 3. The summed E-state index contributed by atoms with van der Waals surface area (Å²) in [5.74, 6) is 0.459. The molecule has 7 nitrogen and oxygen atoms in total. The van der Waals surface area contributed by atoms with Gasteiger partial charge in [-0.05, 0) is 67.1 Å². The second-order valence-corrected chi connectivity index (χ2v) is 10.6. The highest BCUT2D eigenvalue weighted by molar-refractivity contribution is 7.89. The van der Waals surface area contributed by atoms with E-state index in [2.05, 4.69) is 9.88 Å². The molecule has 2 aromatic heterocycles. The number of aryl methyl sites for hydroxylation is 1. The molecule has 1 aliphatic heterocycles. The summed E-state index contributed by atoms with van der Waals surface area (Å²) in [4.78, 5) is 11.7. The lowest BCUT2D eigenvalue weighted by Gasteiger charge is -2.34. The molecule has 1 saturated heterocycles. The number of halogens is 2. The van der Waals surface area contributed by atoms with E-state index in [1.807, 2.05) is 16.7 Å². The van der Waals surface area contributed by atoms with Gasteiger partial charge in [-0.2, -0.15) is 4.31 Å². The number of sulfonamides is 1. The van der Waals surface area contributed by atoms with Crippen LogP contribution in [0.2, 0.25) is 5.02 Å². The van der Waals surface area contributed by atoms with E-state index in [4.69, 9.17) is 16.6 Å². The van der Waals surface area contributed by atoms with Crippen molar-refractivity contribution in [2.45, 2.75) is 18.4 Å². The van der Waals surface area contributed by atoms with Crippen molar-refractivity contribution >= 4 is 32.8 Å². The topological polar surface area (TPSA) is 71.3 Å². The lowest BCUT2D eigenvalue weighted by molar-refractivity contribution is 0.177. The summed E-state index contributed by atoms with van der Waals surface area (Å²) in [6.45, 7) is 4.14. The summed E-state index contributed by atoms with van der Waals surface area (Å²) in [6.07, 6.45) is 1.70. The van der Waals surface area contributed by atoms with Gasteiger partial charge >= 0.3 is 0 Å². The molecule has 5 rings (SSSR count). The fraction of sp³-hybridized carbons (Fsp3) is 0.250. The second-order valence-electron chi connectivity index (χ2n) is 8.28. The summed E-state index contributed by atoms with van der Waals surface area (Å²) in [5, 5.41) is 0.514. The maximum absolute atomic E-state index is 13.5. The van der Waals surface area contributed by atoms with Gasteiger partial charge in [0, 0.05) is 43.1 Å². The molecule has 3 heterocycles. The molecule has 2 aromatic carbocycles. The van der Waals surface area contributed by atoms with Crippen LogP contribution in [0.4, 0.5) is 4.39 Å². The fourth-order valence-electron chi connectivity index (χ4n) is 4.30. The van der Waals surface area contributed by atoms with Gasteiger partial charge in [0.05, 0.1) is 11.4 Å². The Labute approximate surface area is 202 Å². The highest BCUT2D eigenvalue weighted by atomic mass is 35.5. The quantitative estimate of drug-likeness (QED) is 0.414. The molecule has 0 amide bonds. The molecule has 4 aromatic rings. The minimum atomic E-state index is -3.60.